The molecule has 1 saturated heterocycles. The molecule has 1 saturated carbocycles. The van der Waals surface area contributed by atoms with Gasteiger partial charge in [-0.25, -0.2) is 0 Å². The van der Waals surface area contributed by atoms with Crippen LogP contribution in [0.1, 0.15) is 52.4 Å². The predicted molar refractivity (Wildman–Crippen MR) is 80.8 cm³/mol. The minimum absolute atomic E-state index is 0.00440. The number of ether oxygens (including phenoxy) is 1. The highest BCUT2D eigenvalue weighted by Gasteiger charge is 2.37. The highest BCUT2D eigenvalue weighted by Crippen LogP contribution is 2.27. The fourth-order valence-corrected chi connectivity index (χ4v) is 3.42. The standard InChI is InChI=1S/C16H28N2O3/c1-4-11(2)15-16(20)18(9-8-14(19)17-15)12-6-5-7-13(10-12)21-3/h11-13,15H,4-10H2,1-3H3,(H,17,19). The normalized spacial score (nSPS) is 32.5. The Kier molecular flexibility index (Phi) is 5.62. The highest BCUT2D eigenvalue weighted by atomic mass is 16.5. The first-order valence-electron chi connectivity index (χ1n) is 8.19. The molecule has 120 valence electrons. The zero-order valence-corrected chi connectivity index (χ0v) is 13.4. The summed E-state index contributed by atoms with van der Waals surface area (Å²) in [7, 11) is 1.74. The first kappa shape index (κ1) is 16.3. The summed E-state index contributed by atoms with van der Waals surface area (Å²) in [4.78, 5) is 26.7. The van der Waals surface area contributed by atoms with Crippen LogP contribution in [0.3, 0.4) is 0 Å². The molecular weight excluding hydrogens is 268 g/mol. The maximum absolute atomic E-state index is 12.9. The summed E-state index contributed by atoms with van der Waals surface area (Å²) < 4.78 is 5.47. The van der Waals surface area contributed by atoms with Crippen molar-refractivity contribution in [2.75, 3.05) is 13.7 Å². The first-order valence-corrected chi connectivity index (χ1v) is 8.19. The van der Waals surface area contributed by atoms with Crippen molar-refractivity contribution in [3.63, 3.8) is 0 Å². The van der Waals surface area contributed by atoms with Crippen molar-refractivity contribution in [3.8, 4) is 0 Å². The van der Waals surface area contributed by atoms with E-state index in [1.807, 2.05) is 11.8 Å². The molecule has 2 aliphatic rings. The van der Waals surface area contributed by atoms with E-state index < -0.39 is 0 Å². The minimum Gasteiger partial charge on any atom is -0.381 e. The highest BCUT2D eigenvalue weighted by molar-refractivity contribution is 5.90. The SMILES string of the molecule is CCC(C)C1NC(=O)CCN(C2CCCC(OC)C2)C1=O. The zero-order chi connectivity index (χ0) is 15.4. The van der Waals surface area contributed by atoms with Crippen molar-refractivity contribution in [1.29, 1.82) is 0 Å². The second-order valence-electron chi connectivity index (χ2n) is 6.39. The number of amides is 2. The molecule has 1 aliphatic heterocycles. The van der Waals surface area contributed by atoms with Crippen LogP contribution in [0.5, 0.6) is 0 Å². The Morgan fingerprint density at radius 3 is 2.81 bits per heavy atom. The molecule has 0 bridgehead atoms. The van der Waals surface area contributed by atoms with E-state index in [0.29, 0.717) is 13.0 Å². The number of nitrogens with one attached hydrogen (secondary N) is 1. The molecule has 2 amide bonds. The van der Waals surface area contributed by atoms with Crippen molar-refractivity contribution in [1.82, 2.24) is 10.2 Å². The van der Waals surface area contributed by atoms with E-state index in [-0.39, 0.29) is 35.9 Å². The van der Waals surface area contributed by atoms with Gasteiger partial charge in [-0.2, -0.15) is 0 Å². The van der Waals surface area contributed by atoms with Crippen molar-refractivity contribution in [2.24, 2.45) is 5.92 Å². The van der Waals surface area contributed by atoms with Crippen LogP contribution in [0.25, 0.3) is 0 Å². The molecule has 5 nitrogen and oxygen atoms in total. The summed E-state index contributed by atoms with van der Waals surface area (Å²) >= 11 is 0. The third-order valence-corrected chi connectivity index (χ3v) is 5.03. The Morgan fingerprint density at radius 1 is 1.38 bits per heavy atom. The molecule has 1 N–H and O–H groups in total. The van der Waals surface area contributed by atoms with E-state index >= 15 is 0 Å². The lowest BCUT2D eigenvalue weighted by molar-refractivity contribution is -0.138. The number of carbonyl (C=O) groups excluding carboxylic acids is 2. The van der Waals surface area contributed by atoms with Gasteiger partial charge in [-0.1, -0.05) is 20.3 Å². The number of hydrogen-bond donors (Lipinski definition) is 1. The van der Waals surface area contributed by atoms with Gasteiger partial charge in [0.1, 0.15) is 6.04 Å². The molecule has 2 rings (SSSR count). The van der Waals surface area contributed by atoms with Crippen LogP contribution in [0, 0.1) is 5.92 Å². The van der Waals surface area contributed by atoms with Gasteiger partial charge in [0.05, 0.1) is 6.10 Å². The average Bonchev–Trinajstić information content (AvgIpc) is 2.66. The largest absolute Gasteiger partial charge is 0.381 e. The smallest absolute Gasteiger partial charge is 0.245 e. The van der Waals surface area contributed by atoms with Gasteiger partial charge in [-0.3, -0.25) is 9.59 Å². The quantitative estimate of drug-likeness (QED) is 0.859. The van der Waals surface area contributed by atoms with Crippen LogP contribution in [-0.2, 0) is 14.3 Å². The molecule has 1 heterocycles. The summed E-state index contributed by atoms with van der Waals surface area (Å²) in [5.74, 6) is 0.260. The van der Waals surface area contributed by atoms with E-state index in [1.165, 1.54) is 0 Å². The monoisotopic (exact) mass is 296 g/mol. The van der Waals surface area contributed by atoms with Gasteiger partial charge in [0.25, 0.3) is 0 Å². The topological polar surface area (TPSA) is 58.6 Å². The molecule has 4 atom stereocenters. The van der Waals surface area contributed by atoms with Gasteiger partial charge >= 0.3 is 0 Å². The fraction of sp³-hybridized carbons (Fsp3) is 0.875. The predicted octanol–water partition coefficient (Wildman–Crippen LogP) is 1.71. The summed E-state index contributed by atoms with van der Waals surface area (Å²) in [5, 5.41) is 2.91. The second-order valence-corrected chi connectivity index (χ2v) is 6.39. The number of methoxy groups -OCH3 is 1. The lowest BCUT2D eigenvalue weighted by atomic mass is 9.90. The Bertz CT molecular complexity index is 386. The van der Waals surface area contributed by atoms with Crippen molar-refractivity contribution < 1.29 is 14.3 Å². The molecule has 0 aromatic rings. The molecule has 0 radical (unpaired) electrons. The van der Waals surface area contributed by atoms with Crippen LogP contribution < -0.4 is 5.32 Å². The van der Waals surface area contributed by atoms with Crippen LogP contribution in [-0.4, -0.2) is 48.6 Å². The van der Waals surface area contributed by atoms with Gasteiger partial charge < -0.3 is 15.0 Å². The average molecular weight is 296 g/mol. The lowest BCUT2D eigenvalue weighted by Gasteiger charge is -2.38. The summed E-state index contributed by atoms with van der Waals surface area (Å²) in [5.41, 5.74) is 0. The molecule has 5 heteroatoms. The molecule has 0 aromatic carbocycles. The third-order valence-electron chi connectivity index (χ3n) is 5.03. The second kappa shape index (κ2) is 7.25. The van der Waals surface area contributed by atoms with E-state index in [2.05, 4.69) is 12.2 Å². The molecule has 21 heavy (non-hydrogen) atoms. The van der Waals surface area contributed by atoms with Crippen LogP contribution in [0.4, 0.5) is 0 Å². The van der Waals surface area contributed by atoms with E-state index in [4.69, 9.17) is 4.74 Å². The Labute approximate surface area is 127 Å². The van der Waals surface area contributed by atoms with Gasteiger partial charge in [0.15, 0.2) is 0 Å². The van der Waals surface area contributed by atoms with Gasteiger partial charge in [0, 0.05) is 26.1 Å². The molecule has 4 unspecified atom stereocenters. The fourth-order valence-electron chi connectivity index (χ4n) is 3.42. The Hall–Kier alpha value is -1.10. The third kappa shape index (κ3) is 3.76. The molecule has 0 aromatic heterocycles. The molecule has 0 spiro atoms. The summed E-state index contributed by atoms with van der Waals surface area (Å²) in [6.45, 7) is 4.63. The van der Waals surface area contributed by atoms with Gasteiger partial charge in [0.2, 0.25) is 11.8 Å². The summed E-state index contributed by atoms with van der Waals surface area (Å²) in [6, 6.07) is -0.150. The lowest BCUT2D eigenvalue weighted by Crippen LogP contribution is -2.52. The molecular formula is C16H28N2O3. The Morgan fingerprint density at radius 2 is 2.14 bits per heavy atom. The number of carbonyl (C=O) groups is 2. The van der Waals surface area contributed by atoms with Gasteiger partial charge in [-0.05, 0) is 31.6 Å². The molecule has 1 aliphatic carbocycles. The van der Waals surface area contributed by atoms with Crippen LogP contribution >= 0.6 is 0 Å². The van der Waals surface area contributed by atoms with E-state index in [0.717, 1.165) is 32.1 Å². The maximum atomic E-state index is 12.9. The Balaban J connectivity index is 2.13. The van der Waals surface area contributed by atoms with Crippen molar-refractivity contribution in [2.45, 2.75) is 70.6 Å². The van der Waals surface area contributed by atoms with Gasteiger partial charge in [-0.15, -0.1) is 0 Å². The maximum Gasteiger partial charge on any atom is 0.245 e. The van der Waals surface area contributed by atoms with Crippen LogP contribution in [0.15, 0.2) is 0 Å². The summed E-state index contributed by atoms with van der Waals surface area (Å²) in [6.07, 6.45) is 5.61. The minimum atomic E-state index is -0.368. The molecule has 2 fully saturated rings. The van der Waals surface area contributed by atoms with E-state index in [9.17, 15) is 9.59 Å². The van der Waals surface area contributed by atoms with Crippen molar-refractivity contribution in [3.05, 3.63) is 0 Å². The zero-order valence-electron chi connectivity index (χ0n) is 13.4. The number of rotatable bonds is 4. The number of hydrogen-bond acceptors (Lipinski definition) is 3. The van der Waals surface area contributed by atoms with E-state index in [1.54, 1.807) is 7.11 Å². The number of nitrogens with zero attached hydrogens (tertiary/aromatic N) is 1. The van der Waals surface area contributed by atoms with Crippen molar-refractivity contribution >= 4 is 11.8 Å². The van der Waals surface area contributed by atoms with Crippen LogP contribution in [0.2, 0.25) is 0 Å². The first-order chi connectivity index (χ1) is 10.1.